The molecule has 1 aromatic rings. The molecule has 3 aliphatic rings. The van der Waals surface area contributed by atoms with Crippen LogP contribution in [-0.2, 0) is 9.59 Å². The minimum absolute atomic E-state index is 0.0908. The van der Waals surface area contributed by atoms with Gasteiger partial charge in [-0.3, -0.25) is 29.4 Å². The van der Waals surface area contributed by atoms with Crippen LogP contribution < -0.4 is 10.2 Å². The molecule has 1 aromatic carbocycles. The number of amides is 4. The Morgan fingerprint density at radius 2 is 1.85 bits per heavy atom. The van der Waals surface area contributed by atoms with E-state index < -0.39 is 29.7 Å². The Labute approximate surface area is 149 Å². The molecule has 0 aliphatic carbocycles. The summed E-state index contributed by atoms with van der Waals surface area (Å²) in [4.78, 5) is 51.7. The molecule has 26 heavy (non-hydrogen) atoms. The molecule has 3 aliphatic heterocycles. The maximum atomic E-state index is 12.8. The molecule has 3 heterocycles. The summed E-state index contributed by atoms with van der Waals surface area (Å²) in [6.45, 7) is 0.712. The van der Waals surface area contributed by atoms with Gasteiger partial charge in [-0.05, 0) is 37.5 Å². The largest absolute Gasteiger partial charge is 0.514 e. The van der Waals surface area contributed by atoms with Gasteiger partial charge in [0.15, 0.2) is 0 Å². The smallest absolute Gasteiger partial charge is 0.262 e. The molecule has 2 saturated heterocycles. The first-order valence-corrected chi connectivity index (χ1v) is 8.47. The van der Waals surface area contributed by atoms with Crippen LogP contribution in [0.15, 0.2) is 30.2 Å². The summed E-state index contributed by atoms with van der Waals surface area (Å²) in [5.41, 5.74) is 1.95. The van der Waals surface area contributed by atoms with E-state index in [0.717, 1.165) is 29.7 Å². The van der Waals surface area contributed by atoms with Crippen molar-refractivity contribution in [2.75, 3.05) is 11.4 Å². The number of nitrogens with one attached hydrogen (secondary N) is 1. The minimum atomic E-state index is -0.969. The van der Waals surface area contributed by atoms with Gasteiger partial charge in [0.1, 0.15) is 6.04 Å². The molecule has 0 aromatic heterocycles. The van der Waals surface area contributed by atoms with E-state index in [1.807, 2.05) is 4.90 Å². The molecular formula is C18H17N3O5. The zero-order chi connectivity index (χ0) is 18.4. The summed E-state index contributed by atoms with van der Waals surface area (Å²) in [5.74, 6) is -2.08. The van der Waals surface area contributed by atoms with Crippen molar-refractivity contribution in [3.63, 3.8) is 0 Å². The number of hydrogen-bond donors (Lipinski definition) is 2. The first kappa shape index (κ1) is 16.3. The number of fused-ring (bicyclic) bond motifs is 1. The number of allylic oxidation sites excluding steroid dienone is 1. The molecule has 4 amide bonds. The lowest BCUT2D eigenvalue weighted by Crippen LogP contribution is -2.54. The molecule has 0 spiro atoms. The average molecular weight is 355 g/mol. The lowest BCUT2D eigenvalue weighted by atomic mass is 10.0. The predicted octanol–water partition coefficient (Wildman–Crippen LogP) is 1.09. The van der Waals surface area contributed by atoms with Gasteiger partial charge in [0, 0.05) is 18.7 Å². The molecule has 0 saturated carbocycles. The quantitative estimate of drug-likeness (QED) is 0.607. The first-order chi connectivity index (χ1) is 12.5. The highest BCUT2D eigenvalue weighted by molar-refractivity contribution is 6.23. The Morgan fingerprint density at radius 3 is 2.58 bits per heavy atom. The number of rotatable bonds is 2. The van der Waals surface area contributed by atoms with Gasteiger partial charge in [-0.1, -0.05) is 0 Å². The molecule has 1 unspecified atom stereocenters. The fourth-order valence-corrected chi connectivity index (χ4v) is 3.75. The summed E-state index contributed by atoms with van der Waals surface area (Å²) < 4.78 is 0. The molecule has 0 radical (unpaired) electrons. The molecule has 2 fully saturated rings. The van der Waals surface area contributed by atoms with Crippen molar-refractivity contribution >= 4 is 29.3 Å². The van der Waals surface area contributed by atoms with E-state index in [9.17, 15) is 24.3 Å². The number of benzene rings is 1. The van der Waals surface area contributed by atoms with Crippen LogP contribution in [0.4, 0.5) is 5.69 Å². The second kappa shape index (κ2) is 5.98. The molecule has 1 atom stereocenters. The van der Waals surface area contributed by atoms with E-state index in [1.54, 1.807) is 18.2 Å². The van der Waals surface area contributed by atoms with Crippen molar-refractivity contribution in [2.24, 2.45) is 0 Å². The number of aliphatic hydroxyl groups excluding tert-OH is 1. The van der Waals surface area contributed by atoms with Gasteiger partial charge in [-0.15, -0.1) is 0 Å². The third-order valence-electron chi connectivity index (χ3n) is 5.05. The summed E-state index contributed by atoms with van der Waals surface area (Å²) >= 11 is 0. The highest BCUT2D eigenvalue weighted by Crippen LogP contribution is 2.34. The number of carbonyl (C=O) groups excluding carboxylic acids is 4. The van der Waals surface area contributed by atoms with Crippen LogP contribution in [-0.4, -0.2) is 46.2 Å². The molecule has 0 bridgehead atoms. The van der Waals surface area contributed by atoms with Crippen LogP contribution >= 0.6 is 0 Å². The van der Waals surface area contributed by atoms with Crippen LogP contribution in [0.5, 0.6) is 0 Å². The van der Waals surface area contributed by atoms with E-state index in [2.05, 4.69) is 5.32 Å². The highest BCUT2D eigenvalue weighted by atomic mass is 16.2. The lowest BCUT2D eigenvalue weighted by Gasteiger charge is -2.27. The van der Waals surface area contributed by atoms with Gasteiger partial charge in [-0.2, -0.15) is 0 Å². The average Bonchev–Trinajstić information content (AvgIpc) is 3.19. The van der Waals surface area contributed by atoms with Crippen molar-refractivity contribution in [3.05, 3.63) is 41.3 Å². The monoisotopic (exact) mass is 355 g/mol. The van der Waals surface area contributed by atoms with E-state index in [1.165, 1.54) is 0 Å². The second-order valence-electron chi connectivity index (χ2n) is 6.55. The maximum absolute atomic E-state index is 12.8. The fourth-order valence-electron chi connectivity index (χ4n) is 3.75. The third-order valence-corrected chi connectivity index (χ3v) is 5.05. The van der Waals surface area contributed by atoms with Crippen LogP contribution in [0.3, 0.4) is 0 Å². The van der Waals surface area contributed by atoms with Crippen molar-refractivity contribution in [3.8, 4) is 0 Å². The molecule has 8 nitrogen and oxygen atoms in total. The van der Waals surface area contributed by atoms with Crippen molar-refractivity contribution < 1.29 is 24.3 Å². The van der Waals surface area contributed by atoms with E-state index in [4.69, 9.17) is 0 Å². The van der Waals surface area contributed by atoms with Gasteiger partial charge < -0.3 is 10.0 Å². The standard InChI is InChI=1S/C18H17N3O5/c22-9-11-2-1-7-20(11)10-3-4-12-13(8-10)18(26)21(17(12)25)14-5-6-15(23)19-16(14)24/h3-4,8-9,14,22H,1-2,5-7H2,(H,19,23,24)/b11-9-. The zero-order valence-electron chi connectivity index (χ0n) is 13.9. The summed E-state index contributed by atoms with van der Waals surface area (Å²) in [6, 6.07) is 3.95. The Morgan fingerprint density at radius 1 is 1.08 bits per heavy atom. The Bertz CT molecular complexity index is 876. The number of hydrogen-bond acceptors (Lipinski definition) is 6. The molecule has 2 N–H and O–H groups in total. The Hall–Kier alpha value is -3.16. The maximum Gasteiger partial charge on any atom is 0.262 e. The number of piperidine rings is 1. The summed E-state index contributed by atoms with van der Waals surface area (Å²) in [5, 5.41) is 11.5. The lowest BCUT2D eigenvalue weighted by molar-refractivity contribution is -0.136. The number of anilines is 1. The van der Waals surface area contributed by atoms with Gasteiger partial charge in [-0.25, -0.2) is 0 Å². The minimum Gasteiger partial charge on any atom is -0.514 e. The number of imide groups is 2. The van der Waals surface area contributed by atoms with Crippen LogP contribution in [0.25, 0.3) is 0 Å². The van der Waals surface area contributed by atoms with Crippen molar-refractivity contribution in [2.45, 2.75) is 31.7 Å². The third kappa shape index (κ3) is 2.37. The molecule has 8 heteroatoms. The van der Waals surface area contributed by atoms with E-state index in [-0.39, 0.29) is 24.0 Å². The van der Waals surface area contributed by atoms with Gasteiger partial charge in [0.05, 0.1) is 23.1 Å². The normalized spacial score (nSPS) is 24.5. The van der Waals surface area contributed by atoms with E-state index >= 15 is 0 Å². The molecular weight excluding hydrogens is 338 g/mol. The SMILES string of the molecule is O=C1CCC(N2C(=O)c3ccc(N4CCC/C4=C/O)cc3C2=O)C(=O)N1. The van der Waals surface area contributed by atoms with Crippen molar-refractivity contribution in [1.29, 1.82) is 0 Å². The van der Waals surface area contributed by atoms with E-state index in [0.29, 0.717) is 12.2 Å². The Balaban J connectivity index is 1.66. The van der Waals surface area contributed by atoms with Gasteiger partial charge in [0.25, 0.3) is 11.8 Å². The van der Waals surface area contributed by atoms with Gasteiger partial charge in [0.2, 0.25) is 11.8 Å². The number of aliphatic hydroxyl groups is 1. The molecule has 134 valence electrons. The van der Waals surface area contributed by atoms with Gasteiger partial charge >= 0.3 is 0 Å². The van der Waals surface area contributed by atoms with Crippen LogP contribution in [0.1, 0.15) is 46.4 Å². The predicted molar refractivity (Wildman–Crippen MR) is 90.4 cm³/mol. The van der Waals surface area contributed by atoms with Crippen LogP contribution in [0, 0.1) is 0 Å². The topological polar surface area (TPSA) is 107 Å². The first-order valence-electron chi connectivity index (χ1n) is 8.47. The highest BCUT2D eigenvalue weighted by Gasteiger charge is 2.44. The summed E-state index contributed by atoms with van der Waals surface area (Å²) in [6.07, 6.45) is 2.91. The Kier molecular flexibility index (Phi) is 3.75. The zero-order valence-corrected chi connectivity index (χ0v) is 13.9. The van der Waals surface area contributed by atoms with Crippen LogP contribution in [0.2, 0.25) is 0 Å². The summed E-state index contributed by atoms with van der Waals surface area (Å²) in [7, 11) is 0. The van der Waals surface area contributed by atoms with Crippen molar-refractivity contribution in [1.82, 2.24) is 10.2 Å². The fraction of sp³-hybridized carbons (Fsp3) is 0.333. The molecule has 4 rings (SSSR count). The second-order valence-corrected chi connectivity index (χ2v) is 6.55. The number of carbonyl (C=O) groups is 4. The number of nitrogens with zero attached hydrogens (tertiary/aromatic N) is 2.